The first-order valence-corrected chi connectivity index (χ1v) is 13.6. The fourth-order valence-corrected chi connectivity index (χ4v) is 6.78. The SMILES string of the molecule is COc1cc(F)c(O[C@H]2CC[C@@](C)(C(=O)O)CC2)cc1CN[C@@H]1[C@H]2CC[C@H](C2)[C@@H]1C(=O)NC1CCC1. The van der Waals surface area contributed by atoms with Crippen molar-refractivity contribution in [1.82, 2.24) is 10.6 Å². The zero-order valence-electron chi connectivity index (χ0n) is 21.4. The number of benzene rings is 1. The summed E-state index contributed by atoms with van der Waals surface area (Å²) in [4.78, 5) is 24.6. The van der Waals surface area contributed by atoms with E-state index in [1.54, 1.807) is 13.0 Å². The first kappa shape index (κ1) is 25.3. The zero-order valence-corrected chi connectivity index (χ0v) is 21.4. The highest BCUT2D eigenvalue weighted by Crippen LogP contribution is 2.49. The molecule has 1 aromatic carbocycles. The smallest absolute Gasteiger partial charge is 0.309 e. The van der Waals surface area contributed by atoms with E-state index in [-0.39, 0.29) is 29.7 Å². The van der Waals surface area contributed by atoms with Crippen molar-refractivity contribution in [3.05, 3.63) is 23.5 Å². The van der Waals surface area contributed by atoms with Gasteiger partial charge in [-0.3, -0.25) is 9.59 Å². The highest BCUT2D eigenvalue weighted by molar-refractivity contribution is 5.81. The molecule has 3 N–H and O–H groups in total. The summed E-state index contributed by atoms with van der Waals surface area (Å²) in [5, 5.41) is 16.4. The Kier molecular flexibility index (Phi) is 7.16. The van der Waals surface area contributed by atoms with Gasteiger partial charge in [0.2, 0.25) is 5.91 Å². The molecule has 1 aromatic rings. The molecule has 0 spiro atoms. The molecule has 1 amide bonds. The largest absolute Gasteiger partial charge is 0.496 e. The number of aliphatic carboxylic acids is 1. The monoisotopic (exact) mass is 502 g/mol. The van der Waals surface area contributed by atoms with Crippen LogP contribution in [0.15, 0.2) is 12.1 Å². The maximum Gasteiger partial charge on any atom is 0.309 e. The molecule has 4 aliphatic carbocycles. The average Bonchev–Trinajstić information content (AvgIpc) is 3.44. The second-order valence-corrected chi connectivity index (χ2v) is 11.7. The summed E-state index contributed by atoms with van der Waals surface area (Å²) in [5.74, 6) is 0.439. The number of halogens is 1. The third kappa shape index (κ3) is 4.93. The number of carbonyl (C=O) groups excluding carboxylic acids is 1. The minimum Gasteiger partial charge on any atom is -0.496 e. The Hall–Kier alpha value is -2.35. The van der Waals surface area contributed by atoms with Crippen LogP contribution in [0.4, 0.5) is 4.39 Å². The molecular formula is C28H39FN2O5. The first-order chi connectivity index (χ1) is 17.3. The maximum absolute atomic E-state index is 14.9. The van der Waals surface area contributed by atoms with E-state index in [0.29, 0.717) is 55.9 Å². The lowest BCUT2D eigenvalue weighted by Crippen LogP contribution is -2.51. The van der Waals surface area contributed by atoms with Crippen molar-refractivity contribution in [2.24, 2.45) is 23.2 Å². The van der Waals surface area contributed by atoms with E-state index in [1.165, 1.54) is 19.6 Å². The summed E-state index contributed by atoms with van der Waals surface area (Å²) in [5.41, 5.74) is 0.0521. The molecule has 4 aliphatic rings. The number of carboxylic acid groups (broad SMARTS) is 1. The standard InChI is InChI=1S/C28H39FN2O5/c1-28(27(33)34)10-8-20(9-11-28)36-23-13-18(22(35-2)14-21(23)29)15-30-25-17-7-6-16(12-17)24(25)26(32)31-19-4-3-5-19/h13-14,16-17,19-20,24-25,30H,3-12,15H2,1-2H3,(H,31,32)(H,33,34)/t16-,17+,20-,24+,25-,28+/m1/s1. The molecule has 4 atom stereocenters. The lowest BCUT2D eigenvalue weighted by Gasteiger charge is -2.34. The molecule has 4 saturated carbocycles. The van der Waals surface area contributed by atoms with Crippen LogP contribution in [-0.2, 0) is 16.1 Å². The number of carboxylic acids is 1. The van der Waals surface area contributed by atoms with Gasteiger partial charge in [0.1, 0.15) is 5.75 Å². The Bertz CT molecular complexity index is 988. The van der Waals surface area contributed by atoms with E-state index in [4.69, 9.17) is 9.47 Å². The van der Waals surface area contributed by atoms with Crippen LogP contribution in [0, 0.1) is 29.0 Å². The van der Waals surface area contributed by atoms with Gasteiger partial charge in [-0.25, -0.2) is 4.39 Å². The number of rotatable bonds is 9. The van der Waals surface area contributed by atoms with Crippen LogP contribution < -0.4 is 20.1 Å². The van der Waals surface area contributed by atoms with Crippen LogP contribution in [0.3, 0.4) is 0 Å². The summed E-state index contributed by atoms with van der Waals surface area (Å²) in [6.07, 6.45) is 8.65. The molecule has 0 unspecified atom stereocenters. The van der Waals surface area contributed by atoms with Crippen LogP contribution in [0.2, 0.25) is 0 Å². The predicted molar refractivity (Wildman–Crippen MR) is 132 cm³/mol. The molecule has 2 bridgehead atoms. The minimum absolute atomic E-state index is 0.0164. The molecule has 8 heteroatoms. The molecule has 0 radical (unpaired) electrons. The second kappa shape index (κ2) is 10.2. The van der Waals surface area contributed by atoms with E-state index < -0.39 is 17.2 Å². The van der Waals surface area contributed by atoms with Crippen LogP contribution in [-0.4, -0.2) is 42.3 Å². The molecular weight excluding hydrogens is 463 g/mol. The van der Waals surface area contributed by atoms with Gasteiger partial charge in [-0.1, -0.05) is 0 Å². The quantitative estimate of drug-likeness (QED) is 0.463. The van der Waals surface area contributed by atoms with Gasteiger partial charge in [-0.05, 0) is 89.0 Å². The zero-order chi connectivity index (χ0) is 25.4. The summed E-state index contributed by atoms with van der Waals surface area (Å²) >= 11 is 0. The Morgan fingerprint density at radius 3 is 2.44 bits per heavy atom. The molecule has 0 aliphatic heterocycles. The van der Waals surface area contributed by atoms with E-state index in [1.807, 2.05) is 0 Å². The average molecular weight is 503 g/mol. The highest BCUT2D eigenvalue weighted by atomic mass is 19.1. The number of ether oxygens (including phenoxy) is 2. The van der Waals surface area contributed by atoms with Crippen LogP contribution in [0.1, 0.15) is 76.7 Å². The van der Waals surface area contributed by atoms with Gasteiger partial charge in [-0.2, -0.15) is 0 Å². The fraction of sp³-hybridized carbons (Fsp3) is 0.714. The van der Waals surface area contributed by atoms with Gasteiger partial charge < -0.3 is 25.2 Å². The Labute approximate surface area is 212 Å². The fourth-order valence-electron chi connectivity index (χ4n) is 6.78. The van der Waals surface area contributed by atoms with Crippen molar-refractivity contribution in [2.45, 2.75) is 95.9 Å². The third-order valence-electron chi connectivity index (χ3n) is 9.38. The molecule has 0 heterocycles. The van der Waals surface area contributed by atoms with Crippen molar-refractivity contribution in [1.29, 1.82) is 0 Å². The highest BCUT2D eigenvalue weighted by Gasteiger charge is 2.51. The number of nitrogens with one attached hydrogen (secondary N) is 2. The van der Waals surface area contributed by atoms with Crippen LogP contribution in [0.5, 0.6) is 11.5 Å². The maximum atomic E-state index is 14.9. The van der Waals surface area contributed by atoms with Crippen molar-refractivity contribution < 1.29 is 28.6 Å². The van der Waals surface area contributed by atoms with Crippen molar-refractivity contribution in [3.8, 4) is 11.5 Å². The third-order valence-corrected chi connectivity index (χ3v) is 9.38. The van der Waals surface area contributed by atoms with Gasteiger partial charge >= 0.3 is 5.97 Å². The van der Waals surface area contributed by atoms with E-state index in [9.17, 15) is 19.1 Å². The minimum atomic E-state index is -0.787. The molecule has 0 aromatic heterocycles. The van der Waals surface area contributed by atoms with E-state index in [0.717, 1.165) is 37.7 Å². The van der Waals surface area contributed by atoms with Gasteiger partial charge in [-0.15, -0.1) is 0 Å². The lowest BCUT2D eigenvalue weighted by molar-refractivity contribution is -0.150. The summed E-state index contributed by atoms with van der Waals surface area (Å²) in [6.45, 7) is 2.22. The summed E-state index contributed by atoms with van der Waals surface area (Å²) in [7, 11) is 1.53. The number of hydrogen-bond acceptors (Lipinski definition) is 5. The Morgan fingerprint density at radius 2 is 1.81 bits per heavy atom. The second-order valence-electron chi connectivity index (χ2n) is 11.7. The number of methoxy groups -OCH3 is 1. The van der Waals surface area contributed by atoms with E-state index >= 15 is 0 Å². The molecule has 5 rings (SSSR count). The van der Waals surface area contributed by atoms with Crippen molar-refractivity contribution >= 4 is 11.9 Å². The lowest BCUT2D eigenvalue weighted by atomic mass is 9.75. The molecule has 0 saturated heterocycles. The number of carbonyl (C=O) groups is 2. The molecule has 198 valence electrons. The number of fused-ring (bicyclic) bond motifs is 2. The molecule has 36 heavy (non-hydrogen) atoms. The summed E-state index contributed by atoms with van der Waals surface area (Å²) < 4.78 is 26.4. The number of hydrogen-bond donors (Lipinski definition) is 3. The summed E-state index contributed by atoms with van der Waals surface area (Å²) in [6, 6.07) is 3.50. The van der Waals surface area contributed by atoms with Gasteiger partial charge in [0.25, 0.3) is 0 Å². The predicted octanol–water partition coefficient (Wildman–Crippen LogP) is 4.42. The number of amides is 1. The Morgan fingerprint density at radius 1 is 1.08 bits per heavy atom. The van der Waals surface area contributed by atoms with Crippen molar-refractivity contribution in [3.63, 3.8) is 0 Å². The van der Waals surface area contributed by atoms with Crippen LogP contribution in [0.25, 0.3) is 0 Å². The topological polar surface area (TPSA) is 96.9 Å². The van der Waals surface area contributed by atoms with Crippen molar-refractivity contribution in [2.75, 3.05) is 7.11 Å². The Balaban J connectivity index is 1.25. The van der Waals surface area contributed by atoms with Crippen LogP contribution >= 0.6 is 0 Å². The van der Waals surface area contributed by atoms with Gasteiger partial charge in [0, 0.05) is 30.3 Å². The molecule has 4 fully saturated rings. The van der Waals surface area contributed by atoms with E-state index in [2.05, 4.69) is 10.6 Å². The normalized spacial score (nSPS) is 33.7. The van der Waals surface area contributed by atoms with Gasteiger partial charge in [0.05, 0.1) is 24.5 Å². The van der Waals surface area contributed by atoms with Gasteiger partial charge in [0.15, 0.2) is 11.6 Å². The first-order valence-electron chi connectivity index (χ1n) is 13.6. The molecule has 7 nitrogen and oxygen atoms in total.